The lowest BCUT2D eigenvalue weighted by Crippen LogP contribution is -2.36. The van der Waals surface area contributed by atoms with E-state index in [1.54, 1.807) is 6.26 Å². The summed E-state index contributed by atoms with van der Waals surface area (Å²) in [5.74, 6) is 0.320. The van der Waals surface area contributed by atoms with Crippen LogP contribution in [0.3, 0.4) is 0 Å². The van der Waals surface area contributed by atoms with Crippen LogP contribution in [0.15, 0.2) is 70.4 Å². The zero-order chi connectivity index (χ0) is 22.5. The molecule has 0 saturated carbocycles. The van der Waals surface area contributed by atoms with E-state index in [9.17, 15) is 9.59 Å². The van der Waals surface area contributed by atoms with Crippen LogP contribution in [0.25, 0.3) is 0 Å². The van der Waals surface area contributed by atoms with Crippen molar-refractivity contribution in [2.45, 2.75) is 39.9 Å². The minimum atomic E-state index is -0.318. The molecule has 2 heterocycles. The third kappa shape index (κ3) is 5.12. The van der Waals surface area contributed by atoms with Crippen molar-refractivity contribution < 1.29 is 18.7 Å². The fourth-order valence-corrected chi connectivity index (χ4v) is 3.46. The van der Waals surface area contributed by atoms with Gasteiger partial charge in [-0.25, -0.2) is 5.01 Å². The fourth-order valence-electron chi connectivity index (χ4n) is 3.46. The second-order valence-electron chi connectivity index (χ2n) is 7.77. The first-order valence-electron chi connectivity index (χ1n) is 10.5. The molecule has 0 bridgehead atoms. The number of aryl methyl sites for hydroxylation is 2. The van der Waals surface area contributed by atoms with Gasteiger partial charge in [0.25, 0.3) is 5.91 Å². The van der Waals surface area contributed by atoms with Crippen molar-refractivity contribution in [2.75, 3.05) is 10.3 Å². The molecule has 3 aromatic rings. The Bertz CT molecular complexity index is 1150. The lowest BCUT2D eigenvalue weighted by molar-refractivity contribution is -0.118. The highest BCUT2D eigenvalue weighted by atomic mass is 16.5. The second kappa shape index (κ2) is 9.62. The monoisotopic (exact) mass is 431 g/mol. The topological polar surface area (TPSA) is 84.1 Å². The molecule has 7 nitrogen and oxygen atoms in total. The molecule has 1 aliphatic heterocycles. The SMILES string of the molecule is Cc1ccc(C)c(N2N=C(C(=O)Nc3cccc(COCc4ccco4)c3)CCC2=O)c1. The van der Waals surface area contributed by atoms with E-state index in [-0.39, 0.29) is 18.2 Å². The molecule has 1 aliphatic rings. The first kappa shape index (κ1) is 21.5. The summed E-state index contributed by atoms with van der Waals surface area (Å²) in [5, 5.41) is 8.62. The third-order valence-electron chi connectivity index (χ3n) is 5.17. The second-order valence-corrected chi connectivity index (χ2v) is 7.77. The number of nitrogens with zero attached hydrogens (tertiary/aromatic N) is 2. The normalized spacial score (nSPS) is 13.8. The van der Waals surface area contributed by atoms with Crippen molar-refractivity contribution >= 4 is 28.9 Å². The lowest BCUT2D eigenvalue weighted by Gasteiger charge is -2.24. The van der Waals surface area contributed by atoms with Gasteiger partial charge in [0, 0.05) is 18.5 Å². The Labute approximate surface area is 186 Å². The molecular formula is C25H25N3O4. The first-order valence-corrected chi connectivity index (χ1v) is 10.5. The van der Waals surface area contributed by atoms with Crippen LogP contribution in [0, 0.1) is 13.8 Å². The third-order valence-corrected chi connectivity index (χ3v) is 5.17. The molecule has 2 amide bonds. The van der Waals surface area contributed by atoms with Crippen molar-refractivity contribution in [3.8, 4) is 0 Å². The predicted octanol–water partition coefficient (Wildman–Crippen LogP) is 4.73. The number of hydrazone groups is 1. The van der Waals surface area contributed by atoms with Crippen LogP contribution in [0.4, 0.5) is 11.4 Å². The minimum Gasteiger partial charge on any atom is -0.467 e. The summed E-state index contributed by atoms with van der Waals surface area (Å²) < 4.78 is 10.9. The largest absolute Gasteiger partial charge is 0.467 e. The average molecular weight is 431 g/mol. The molecule has 7 heteroatoms. The van der Waals surface area contributed by atoms with E-state index in [0.717, 1.165) is 22.5 Å². The Kier molecular flexibility index (Phi) is 6.47. The Hall–Kier alpha value is -3.71. The molecule has 0 unspecified atom stereocenters. The summed E-state index contributed by atoms with van der Waals surface area (Å²) in [7, 11) is 0. The fraction of sp³-hybridized carbons (Fsp3) is 0.240. The number of rotatable bonds is 7. The Morgan fingerprint density at radius 2 is 1.97 bits per heavy atom. The molecule has 164 valence electrons. The van der Waals surface area contributed by atoms with Crippen LogP contribution in [0.2, 0.25) is 0 Å². The summed E-state index contributed by atoms with van der Waals surface area (Å²) in [6.45, 7) is 4.65. The highest BCUT2D eigenvalue weighted by Gasteiger charge is 2.26. The zero-order valence-electron chi connectivity index (χ0n) is 18.1. The van der Waals surface area contributed by atoms with Gasteiger partial charge in [-0.2, -0.15) is 5.10 Å². The Morgan fingerprint density at radius 1 is 1.09 bits per heavy atom. The Balaban J connectivity index is 1.43. The maximum absolute atomic E-state index is 12.9. The van der Waals surface area contributed by atoms with Crippen molar-refractivity contribution in [3.05, 3.63) is 83.3 Å². The highest BCUT2D eigenvalue weighted by molar-refractivity contribution is 6.44. The molecule has 1 aromatic heterocycles. The van der Waals surface area contributed by atoms with Crippen molar-refractivity contribution in [1.82, 2.24) is 0 Å². The predicted molar refractivity (Wildman–Crippen MR) is 122 cm³/mol. The number of nitrogens with one attached hydrogen (secondary N) is 1. The van der Waals surface area contributed by atoms with E-state index in [0.29, 0.717) is 36.7 Å². The number of carbonyl (C=O) groups is 2. The molecule has 0 spiro atoms. The van der Waals surface area contributed by atoms with E-state index in [1.165, 1.54) is 5.01 Å². The average Bonchev–Trinajstić information content (AvgIpc) is 3.30. The summed E-state index contributed by atoms with van der Waals surface area (Å²) in [6.07, 6.45) is 2.15. The standard InChI is InChI=1S/C25H25N3O4/c1-17-8-9-18(2)23(13-17)28-24(29)11-10-22(27-28)25(30)26-20-6-3-5-19(14-20)15-31-16-21-7-4-12-32-21/h3-9,12-14H,10-11,15-16H2,1-2H3,(H,26,30). The van der Waals surface area contributed by atoms with E-state index in [4.69, 9.17) is 9.15 Å². The molecule has 0 fully saturated rings. The quantitative estimate of drug-likeness (QED) is 0.586. The lowest BCUT2D eigenvalue weighted by atomic mass is 10.1. The van der Waals surface area contributed by atoms with Crippen LogP contribution < -0.4 is 10.3 Å². The molecule has 0 aliphatic carbocycles. The van der Waals surface area contributed by atoms with Crippen molar-refractivity contribution in [3.63, 3.8) is 0 Å². The van der Waals surface area contributed by atoms with Crippen LogP contribution in [-0.2, 0) is 27.5 Å². The van der Waals surface area contributed by atoms with E-state index >= 15 is 0 Å². The van der Waals surface area contributed by atoms with Gasteiger partial charge >= 0.3 is 0 Å². The highest BCUT2D eigenvalue weighted by Crippen LogP contribution is 2.25. The van der Waals surface area contributed by atoms with E-state index < -0.39 is 0 Å². The van der Waals surface area contributed by atoms with Crippen molar-refractivity contribution in [2.24, 2.45) is 5.10 Å². The summed E-state index contributed by atoms with van der Waals surface area (Å²) in [4.78, 5) is 25.3. The zero-order valence-corrected chi connectivity index (χ0v) is 18.1. The van der Waals surface area contributed by atoms with Gasteiger partial charge in [0.05, 0.1) is 18.6 Å². The van der Waals surface area contributed by atoms with Gasteiger partial charge in [-0.15, -0.1) is 0 Å². The molecule has 0 radical (unpaired) electrons. The summed E-state index contributed by atoms with van der Waals surface area (Å²) >= 11 is 0. The smallest absolute Gasteiger partial charge is 0.271 e. The van der Waals surface area contributed by atoms with Gasteiger partial charge in [0.1, 0.15) is 18.1 Å². The van der Waals surface area contributed by atoms with E-state index in [2.05, 4.69) is 10.4 Å². The number of hydrogen-bond acceptors (Lipinski definition) is 5. The van der Waals surface area contributed by atoms with Gasteiger partial charge in [-0.05, 0) is 60.9 Å². The first-order chi connectivity index (χ1) is 15.5. The molecule has 2 aromatic carbocycles. The number of benzene rings is 2. The molecule has 4 rings (SSSR count). The van der Waals surface area contributed by atoms with Gasteiger partial charge in [0.2, 0.25) is 5.91 Å². The number of anilines is 2. The molecule has 0 atom stereocenters. The molecule has 0 saturated heterocycles. The van der Waals surface area contributed by atoms with Crippen LogP contribution >= 0.6 is 0 Å². The Morgan fingerprint density at radius 3 is 2.78 bits per heavy atom. The maximum Gasteiger partial charge on any atom is 0.271 e. The van der Waals surface area contributed by atoms with Gasteiger partial charge in [0.15, 0.2) is 0 Å². The van der Waals surface area contributed by atoms with Crippen molar-refractivity contribution in [1.29, 1.82) is 0 Å². The number of furan rings is 1. The number of carbonyl (C=O) groups excluding carboxylic acids is 2. The minimum absolute atomic E-state index is 0.119. The van der Waals surface area contributed by atoms with Gasteiger partial charge in [-0.1, -0.05) is 24.3 Å². The summed E-state index contributed by atoms with van der Waals surface area (Å²) in [6, 6.07) is 17.0. The summed E-state index contributed by atoms with van der Waals surface area (Å²) in [5.41, 5.74) is 4.55. The molecule has 32 heavy (non-hydrogen) atoms. The maximum atomic E-state index is 12.9. The van der Waals surface area contributed by atoms with Crippen LogP contribution in [0.1, 0.15) is 35.3 Å². The molecular weight excluding hydrogens is 406 g/mol. The number of ether oxygens (including phenoxy) is 1. The van der Waals surface area contributed by atoms with Crippen LogP contribution in [-0.4, -0.2) is 17.5 Å². The van der Waals surface area contributed by atoms with Gasteiger partial charge in [-0.3, -0.25) is 9.59 Å². The van der Waals surface area contributed by atoms with Crippen LogP contribution in [0.5, 0.6) is 0 Å². The van der Waals surface area contributed by atoms with E-state index in [1.807, 2.05) is 68.4 Å². The number of amides is 2. The van der Waals surface area contributed by atoms with Gasteiger partial charge < -0.3 is 14.5 Å². The number of hydrogen-bond donors (Lipinski definition) is 1. The molecule has 1 N–H and O–H groups in total.